The van der Waals surface area contributed by atoms with Crippen molar-refractivity contribution in [2.24, 2.45) is 5.41 Å². The molecule has 0 radical (unpaired) electrons. The van der Waals surface area contributed by atoms with Gasteiger partial charge in [0.2, 0.25) is 0 Å². The van der Waals surface area contributed by atoms with E-state index in [2.05, 4.69) is 57.2 Å². The number of halogens is 1. The Bertz CT molecular complexity index is 380. The zero-order valence-corrected chi connectivity index (χ0v) is 12.9. The fourth-order valence-electron chi connectivity index (χ4n) is 1.45. The fourth-order valence-corrected chi connectivity index (χ4v) is 1.45. The molecule has 0 aliphatic carbocycles. The van der Waals surface area contributed by atoms with Crippen LogP contribution >= 0.6 is 0 Å². The lowest BCUT2D eigenvalue weighted by Gasteiger charge is -2.22. The highest BCUT2D eigenvalue weighted by Crippen LogP contribution is 2.19. The molecule has 1 aromatic heterocycles. The van der Waals surface area contributed by atoms with E-state index in [1.54, 1.807) is 12.3 Å². The largest absolute Gasteiger partial charge is 0.367 e. The molecule has 0 aromatic carbocycles. The number of hydrogen-bond acceptors (Lipinski definition) is 3. The van der Waals surface area contributed by atoms with Crippen molar-refractivity contribution in [2.45, 2.75) is 53.6 Å². The summed E-state index contributed by atoms with van der Waals surface area (Å²) in [6.45, 7) is 13.7. The van der Waals surface area contributed by atoms with Crippen molar-refractivity contribution in [3.05, 3.63) is 23.6 Å². The zero-order chi connectivity index (χ0) is 14.7. The van der Waals surface area contributed by atoms with E-state index in [1.165, 1.54) is 0 Å². The summed E-state index contributed by atoms with van der Waals surface area (Å²) < 4.78 is 14.3. The van der Waals surface area contributed by atoms with Gasteiger partial charge < -0.3 is 10.6 Å². The third kappa shape index (κ3) is 6.01. The Morgan fingerprint density at radius 3 is 2.32 bits per heavy atom. The van der Waals surface area contributed by atoms with Gasteiger partial charge in [0.05, 0.1) is 0 Å². The van der Waals surface area contributed by atoms with Crippen molar-refractivity contribution < 1.29 is 4.39 Å². The minimum absolute atomic E-state index is 0.0330. The first-order chi connectivity index (χ1) is 8.58. The fraction of sp³-hybridized carbons (Fsp3) is 0.667. The van der Waals surface area contributed by atoms with E-state index in [9.17, 15) is 4.39 Å². The molecular weight excluding hydrogens is 241 g/mol. The van der Waals surface area contributed by atoms with Gasteiger partial charge in [-0.15, -0.1) is 0 Å². The molecule has 0 unspecified atom stereocenters. The molecule has 1 heterocycles. The average molecular weight is 267 g/mol. The van der Waals surface area contributed by atoms with Crippen LogP contribution in [0.4, 0.5) is 10.2 Å². The molecule has 108 valence electrons. The smallest absolute Gasteiger partial charge is 0.169 e. The van der Waals surface area contributed by atoms with Crippen LogP contribution in [0, 0.1) is 11.2 Å². The van der Waals surface area contributed by atoms with Crippen molar-refractivity contribution in [3.8, 4) is 0 Å². The van der Waals surface area contributed by atoms with E-state index in [0.29, 0.717) is 24.5 Å². The maximum atomic E-state index is 14.3. The van der Waals surface area contributed by atoms with E-state index in [1.807, 2.05) is 0 Å². The van der Waals surface area contributed by atoms with Gasteiger partial charge in [-0.25, -0.2) is 9.37 Å². The normalized spacial score (nSPS) is 12.6. The summed E-state index contributed by atoms with van der Waals surface area (Å²) in [5, 5.41) is 6.36. The summed E-state index contributed by atoms with van der Waals surface area (Å²) in [5.41, 5.74) is 0.698. The molecule has 1 rings (SSSR count). The van der Waals surface area contributed by atoms with Crippen LogP contribution in [0.5, 0.6) is 0 Å². The Hall–Kier alpha value is -1.16. The number of nitrogens with one attached hydrogen (secondary N) is 2. The molecule has 0 saturated carbocycles. The summed E-state index contributed by atoms with van der Waals surface area (Å²) in [4.78, 5) is 4.07. The third-order valence-corrected chi connectivity index (χ3v) is 2.56. The second-order valence-corrected chi connectivity index (χ2v) is 7.15. The molecule has 19 heavy (non-hydrogen) atoms. The van der Waals surface area contributed by atoms with E-state index in [-0.39, 0.29) is 16.8 Å². The molecule has 0 fully saturated rings. The van der Waals surface area contributed by atoms with E-state index < -0.39 is 0 Å². The van der Waals surface area contributed by atoms with Crippen LogP contribution in [0.2, 0.25) is 0 Å². The van der Waals surface area contributed by atoms with Gasteiger partial charge in [-0.05, 0) is 32.3 Å². The standard InChI is InChI=1S/C15H26FN3/c1-14(2,3)10-18-13-12(16)11(7-8-17-13)9-19-15(4,5)6/h7-8,19H,9-10H2,1-6H3,(H,17,18). The predicted octanol–water partition coefficient (Wildman–Crippen LogP) is 3.57. The van der Waals surface area contributed by atoms with Gasteiger partial charge in [0.15, 0.2) is 11.6 Å². The van der Waals surface area contributed by atoms with Crippen molar-refractivity contribution in [3.63, 3.8) is 0 Å². The van der Waals surface area contributed by atoms with Crippen molar-refractivity contribution in [2.75, 3.05) is 11.9 Å². The van der Waals surface area contributed by atoms with Crippen LogP contribution < -0.4 is 10.6 Å². The number of aromatic nitrogens is 1. The second-order valence-electron chi connectivity index (χ2n) is 7.15. The van der Waals surface area contributed by atoms with E-state index in [4.69, 9.17) is 0 Å². The summed E-state index contributed by atoms with van der Waals surface area (Å²) in [5.74, 6) is 0.0756. The first-order valence-electron chi connectivity index (χ1n) is 6.71. The lowest BCUT2D eigenvalue weighted by molar-refractivity contribution is 0.418. The number of rotatable bonds is 4. The minimum atomic E-state index is -0.261. The molecule has 0 bridgehead atoms. The first-order valence-corrected chi connectivity index (χ1v) is 6.71. The van der Waals surface area contributed by atoms with Gasteiger partial charge in [0.1, 0.15) is 0 Å². The Balaban J connectivity index is 2.75. The van der Waals surface area contributed by atoms with Crippen LogP contribution in [0.3, 0.4) is 0 Å². The summed E-state index contributed by atoms with van der Waals surface area (Å²) in [6, 6.07) is 1.72. The maximum Gasteiger partial charge on any atom is 0.169 e. The van der Waals surface area contributed by atoms with Crippen molar-refractivity contribution in [1.29, 1.82) is 0 Å². The van der Waals surface area contributed by atoms with Gasteiger partial charge >= 0.3 is 0 Å². The van der Waals surface area contributed by atoms with Crippen molar-refractivity contribution in [1.82, 2.24) is 10.3 Å². The highest BCUT2D eigenvalue weighted by molar-refractivity contribution is 5.40. The zero-order valence-electron chi connectivity index (χ0n) is 12.9. The van der Waals surface area contributed by atoms with E-state index >= 15 is 0 Å². The molecule has 3 nitrogen and oxygen atoms in total. The van der Waals surface area contributed by atoms with E-state index in [0.717, 1.165) is 0 Å². The number of anilines is 1. The summed E-state index contributed by atoms with van der Waals surface area (Å²) in [6.07, 6.45) is 1.65. The van der Waals surface area contributed by atoms with Crippen LogP contribution in [0.1, 0.15) is 47.1 Å². The number of nitrogens with zero attached hydrogens (tertiary/aromatic N) is 1. The van der Waals surface area contributed by atoms with Gasteiger partial charge in [-0.2, -0.15) is 0 Å². The van der Waals surface area contributed by atoms with Crippen molar-refractivity contribution >= 4 is 5.82 Å². The lowest BCUT2D eigenvalue weighted by Crippen LogP contribution is -2.35. The van der Waals surface area contributed by atoms with Gasteiger partial charge in [-0.3, -0.25) is 0 Å². The second kappa shape index (κ2) is 5.87. The quantitative estimate of drug-likeness (QED) is 0.875. The highest BCUT2D eigenvalue weighted by atomic mass is 19.1. The van der Waals surface area contributed by atoms with Crippen LogP contribution in [-0.4, -0.2) is 17.1 Å². The Morgan fingerprint density at radius 2 is 1.79 bits per heavy atom. The molecule has 0 amide bonds. The highest BCUT2D eigenvalue weighted by Gasteiger charge is 2.15. The topological polar surface area (TPSA) is 37.0 Å². The van der Waals surface area contributed by atoms with Gasteiger partial charge in [0.25, 0.3) is 0 Å². The molecule has 0 spiro atoms. The van der Waals surface area contributed by atoms with Gasteiger partial charge in [0, 0.05) is 30.4 Å². The van der Waals surface area contributed by atoms with Crippen LogP contribution in [0.15, 0.2) is 12.3 Å². The third-order valence-electron chi connectivity index (χ3n) is 2.56. The summed E-state index contributed by atoms with van der Waals surface area (Å²) >= 11 is 0. The SMILES string of the molecule is CC(C)(C)CNc1nccc(CNC(C)(C)C)c1F. The average Bonchev–Trinajstić information content (AvgIpc) is 2.23. The van der Waals surface area contributed by atoms with Crippen LogP contribution in [-0.2, 0) is 6.54 Å². The molecule has 4 heteroatoms. The molecule has 0 aliphatic heterocycles. The molecular formula is C15H26FN3. The first kappa shape index (κ1) is 15.9. The number of pyridine rings is 1. The Morgan fingerprint density at radius 1 is 1.16 bits per heavy atom. The lowest BCUT2D eigenvalue weighted by atomic mass is 9.97. The summed E-state index contributed by atoms with van der Waals surface area (Å²) in [7, 11) is 0. The number of hydrogen-bond donors (Lipinski definition) is 2. The molecule has 0 atom stereocenters. The molecule has 0 saturated heterocycles. The molecule has 2 N–H and O–H groups in total. The molecule has 0 aliphatic rings. The minimum Gasteiger partial charge on any atom is -0.367 e. The Kier molecular flexibility index (Phi) is 4.91. The monoisotopic (exact) mass is 267 g/mol. The van der Waals surface area contributed by atoms with Gasteiger partial charge in [-0.1, -0.05) is 20.8 Å². The maximum absolute atomic E-state index is 14.3. The molecule has 1 aromatic rings. The van der Waals surface area contributed by atoms with Crippen LogP contribution in [0.25, 0.3) is 0 Å². The Labute approximate surface area is 116 Å². The predicted molar refractivity (Wildman–Crippen MR) is 78.7 cm³/mol.